The van der Waals surface area contributed by atoms with E-state index in [2.05, 4.69) is 9.88 Å². The quantitative estimate of drug-likeness (QED) is 0.488. The van der Waals surface area contributed by atoms with Gasteiger partial charge in [0.1, 0.15) is 0 Å². The number of nitrogens with zero attached hydrogens (tertiary/aromatic N) is 4. The van der Waals surface area contributed by atoms with Crippen molar-refractivity contribution >= 4 is 28.3 Å². The molecule has 3 heterocycles. The smallest absolute Gasteiger partial charge is 0.286 e. The molecule has 166 valence electrons. The summed E-state index contributed by atoms with van der Waals surface area (Å²) < 4.78 is 0.580. The van der Waals surface area contributed by atoms with E-state index in [1.807, 2.05) is 61.5 Å². The van der Waals surface area contributed by atoms with Crippen LogP contribution in [0.15, 0.2) is 77.7 Å². The van der Waals surface area contributed by atoms with Gasteiger partial charge in [0.15, 0.2) is 5.65 Å². The summed E-state index contributed by atoms with van der Waals surface area (Å²) in [5, 5.41) is 10.8. The molecular weight excluding hydrogens is 416 g/mol. The highest BCUT2D eigenvalue weighted by atomic mass is 16.5. The van der Waals surface area contributed by atoms with Crippen molar-refractivity contribution in [1.29, 1.82) is 0 Å². The molecule has 7 nitrogen and oxygen atoms in total. The highest BCUT2D eigenvalue weighted by molar-refractivity contribution is 6.06. The maximum atomic E-state index is 13.3. The minimum absolute atomic E-state index is 0.0406. The average molecular weight is 441 g/mol. The average Bonchev–Trinajstić information content (AvgIpc) is 2.86. The number of carbonyl (C=O) groups is 1. The zero-order valence-corrected chi connectivity index (χ0v) is 18.3. The van der Waals surface area contributed by atoms with Crippen molar-refractivity contribution in [2.75, 3.05) is 22.9 Å². The molecule has 33 heavy (non-hydrogen) atoms. The molecule has 1 aliphatic heterocycles. The molecule has 0 unspecified atom stereocenters. The molecule has 1 aliphatic rings. The van der Waals surface area contributed by atoms with Crippen LogP contribution in [-0.2, 0) is 13.0 Å². The molecule has 4 aromatic rings. The molecule has 0 bridgehead atoms. The summed E-state index contributed by atoms with van der Waals surface area (Å²) in [5.74, 6) is -0.0406. The molecule has 0 radical (unpaired) electrons. The molecule has 5 rings (SSSR count). The van der Waals surface area contributed by atoms with Gasteiger partial charge in [-0.1, -0.05) is 24.3 Å². The van der Waals surface area contributed by atoms with Crippen LogP contribution in [-0.4, -0.2) is 33.9 Å². The van der Waals surface area contributed by atoms with E-state index in [0.29, 0.717) is 28.8 Å². The Morgan fingerprint density at radius 2 is 1.88 bits per heavy atom. The monoisotopic (exact) mass is 440 g/mol. The number of pyridine rings is 2. The number of hydrogen-bond donors (Lipinski definition) is 1. The predicted molar refractivity (Wildman–Crippen MR) is 128 cm³/mol. The normalized spacial score (nSPS) is 13.1. The van der Waals surface area contributed by atoms with E-state index in [4.69, 9.17) is 0 Å². The molecule has 0 spiro atoms. The van der Waals surface area contributed by atoms with Gasteiger partial charge >= 0.3 is 0 Å². The summed E-state index contributed by atoms with van der Waals surface area (Å²) in [5.41, 5.74) is 4.20. The van der Waals surface area contributed by atoms with E-state index in [1.54, 1.807) is 17.2 Å². The third kappa shape index (κ3) is 3.71. The lowest BCUT2D eigenvalue weighted by Gasteiger charge is -2.32. The first-order valence-electron chi connectivity index (χ1n) is 11.0. The fourth-order valence-corrected chi connectivity index (χ4v) is 4.49. The Balaban J connectivity index is 1.49. The SMILES string of the molecule is CCN(C(=O)c1ccc2c(c1)CN(c1cc(=O)n(O)c3ncccc13)CC2)c1ccccc1. The van der Waals surface area contributed by atoms with Gasteiger partial charge in [0.2, 0.25) is 0 Å². The molecule has 1 amide bonds. The van der Waals surface area contributed by atoms with E-state index in [9.17, 15) is 14.8 Å². The van der Waals surface area contributed by atoms with Crippen molar-refractivity contribution < 1.29 is 10.0 Å². The molecular formula is C26H24N4O3. The number of anilines is 2. The molecule has 7 heteroatoms. The standard InChI is InChI=1S/C26H24N4O3/c1-2-29(21-7-4-3-5-8-21)26(32)19-11-10-18-12-14-28(17-20(18)15-19)23-16-24(31)30(33)25-22(23)9-6-13-27-25/h3-11,13,15-16,33H,2,12,14,17H2,1H3. The van der Waals surface area contributed by atoms with Crippen LogP contribution in [0.4, 0.5) is 11.4 Å². The summed E-state index contributed by atoms with van der Waals surface area (Å²) in [6, 6.07) is 20.6. The second-order valence-electron chi connectivity index (χ2n) is 8.09. The maximum Gasteiger partial charge on any atom is 0.286 e. The van der Waals surface area contributed by atoms with E-state index >= 15 is 0 Å². The molecule has 1 N–H and O–H groups in total. The first-order chi connectivity index (χ1) is 16.1. The number of rotatable bonds is 4. The number of aromatic nitrogens is 2. The number of carbonyl (C=O) groups excluding carboxylic acids is 1. The lowest BCUT2D eigenvalue weighted by molar-refractivity contribution is 0.0988. The topological polar surface area (TPSA) is 78.7 Å². The number of amides is 1. The second kappa shape index (κ2) is 8.43. The van der Waals surface area contributed by atoms with E-state index in [-0.39, 0.29) is 11.6 Å². The predicted octanol–water partition coefficient (Wildman–Crippen LogP) is 3.86. The van der Waals surface area contributed by atoms with Crippen LogP contribution in [0.1, 0.15) is 28.4 Å². The van der Waals surface area contributed by atoms with Crippen molar-refractivity contribution in [3.8, 4) is 0 Å². The fourth-order valence-electron chi connectivity index (χ4n) is 4.49. The second-order valence-corrected chi connectivity index (χ2v) is 8.09. The summed E-state index contributed by atoms with van der Waals surface area (Å²) in [6.07, 6.45) is 2.35. The van der Waals surface area contributed by atoms with Crippen LogP contribution in [0.25, 0.3) is 11.0 Å². The van der Waals surface area contributed by atoms with Crippen molar-refractivity contribution in [3.63, 3.8) is 0 Å². The summed E-state index contributed by atoms with van der Waals surface area (Å²) in [4.78, 5) is 33.7. The summed E-state index contributed by atoms with van der Waals surface area (Å²) >= 11 is 0. The highest BCUT2D eigenvalue weighted by Crippen LogP contribution is 2.30. The maximum absolute atomic E-state index is 13.3. The minimum atomic E-state index is -0.521. The van der Waals surface area contributed by atoms with Gasteiger partial charge in [-0.25, -0.2) is 4.98 Å². The van der Waals surface area contributed by atoms with Gasteiger partial charge < -0.3 is 15.0 Å². The first-order valence-corrected chi connectivity index (χ1v) is 11.0. The Kier molecular flexibility index (Phi) is 5.30. The zero-order chi connectivity index (χ0) is 22.9. The van der Waals surface area contributed by atoms with Gasteiger partial charge in [-0.3, -0.25) is 9.59 Å². The Morgan fingerprint density at radius 1 is 1.06 bits per heavy atom. The van der Waals surface area contributed by atoms with Crippen molar-refractivity contribution in [1.82, 2.24) is 9.71 Å². The zero-order valence-electron chi connectivity index (χ0n) is 18.3. The van der Waals surface area contributed by atoms with E-state index < -0.39 is 5.56 Å². The highest BCUT2D eigenvalue weighted by Gasteiger charge is 2.23. The lowest BCUT2D eigenvalue weighted by atomic mass is 9.96. The van der Waals surface area contributed by atoms with E-state index in [1.165, 1.54) is 11.6 Å². The number of hydrogen-bond acceptors (Lipinski definition) is 5. The first kappa shape index (κ1) is 20.8. The number of benzene rings is 2. The molecule has 0 saturated carbocycles. The van der Waals surface area contributed by atoms with Crippen LogP contribution < -0.4 is 15.4 Å². The molecule has 0 saturated heterocycles. The summed E-state index contributed by atoms with van der Waals surface area (Å²) in [6.45, 7) is 3.83. The molecule has 0 aliphatic carbocycles. The molecule has 0 atom stereocenters. The largest absolute Gasteiger partial charge is 0.423 e. The molecule has 0 fully saturated rings. The van der Waals surface area contributed by atoms with Crippen molar-refractivity contribution in [2.45, 2.75) is 19.9 Å². The minimum Gasteiger partial charge on any atom is -0.423 e. The lowest BCUT2D eigenvalue weighted by Crippen LogP contribution is -2.33. The van der Waals surface area contributed by atoms with Crippen molar-refractivity contribution in [3.05, 3.63) is 100.0 Å². The van der Waals surface area contributed by atoms with Crippen LogP contribution in [0.5, 0.6) is 0 Å². The van der Waals surface area contributed by atoms with Crippen LogP contribution in [0.3, 0.4) is 0 Å². The van der Waals surface area contributed by atoms with Crippen LogP contribution in [0.2, 0.25) is 0 Å². The van der Waals surface area contributed by atoms with Gasteiger partial charge in [0.25, 0.3) is 11.5 Å². The van der Waals surface area contributed by atoms with Gasteiger partial charge in [0.05, 0.1) is 5.69 Å². The number of para-hydroxylation sites is 1. The van der Waals surface area contributed by atoms with E-state index in [0.717, 1.165) is 29.9 Å². The number of fused-ring (bicyclic) bond motifs is 2. The van der Waals surface area contributed by atoms with Gasteiger partial charge in [-0.15, -0.1) is 4.73 Å². The Labute approximate surface area is 191 Å². The summed E-state index contributed by atoms with van der Waals surface area (Å²) in [7, 11) is 0. The molecule has 2 aromatic carbocycles. The third-order valence-corrected chi connectivity index (χ3v) is 6.17. The van der Waals surface area contributed by atoms with Gasteiger partial charge in [-0.2, -0.15) is 0 Å². The van der Waals surface area contributed by atoms with Crippen LogP contribution in [0, 0.1) is 0 Å². The van der Waals surface area contributed by atoms with Gasteiger partial charge in [-0.05, 0) is 60.9 Å². The third-order valence-electron chi connectivity index (χ3n) is 6.17. The van der Waals surface area contributed by atoms with Crippen molar-refractivity contribution in [2.24, 2.45) is 0 Å². The Hall–Kier alpha value is -4.13. The Bertz CT molecular complexity index is 1400. The van der Waals surface area contributed by atoms with Crippen LogP contribution >= 0.6 is 0 Å². The Morgan fingerprint density at radius 3 is 2.67 bits per heavy atom. The molecule has 2 aromatic heterocycles. The fraction of sp³-hybridized carbons (Fsp3) is 0.192. The van der Waals surface area contributed by atoms with Gasteiger partial charge in [0, 0.05) is 48.5 Å².